The van der Waals surface area contributed by atoms with Crippen molar-refractivity contribution in [1.82, 2.24) is 19.7 Å². The Balaban J connectivity index is 2.11. The number of anilines is 1. The summed E-state index contributed by atoms with van der Waals surface area (Å²) in [6.45, 7) is 7.30. The number of hydrogen-bond donors (Lipinski definition) is 1. The third-order valence-corrected chi connectivity index (χ3v) is 4.70. The van der Waals surface area contributed by atoms with Crippen LogP contribution in [0, 0.1) is 5.92 Å². The molecule has 27 heavy (non-hydrogen) atoms. The van der Waals surface area contributed by atoms with Gasteiger partial charge < -0.3 is 15.0 Å². The molecule has 0 saturated heterocycles. The predicted molar refractivity (Wildman–Crippen MR) is 109 cm³/mol. The highest BCUT2D eigenvalue weighted by Gasteiger charge is 2.19. The second-order valence-corrected chi connectivity index (χ2v) is 7.39. The van der Waals surface area contributed by atoms with Crippen molar-refractivity contribution in [2.45, 2.75) is 53.0 Å². The molecule has 0 aliphatic carbocycles. The van der Waals surface area contributed by atoms with Crippen LogP contribution in [0.25, 0.3) is 11.0 Å². The number of methoxy groups -OCH3 is 1. The lowest BCUT2D eigenvalue weighted by Gasteiger charge is -2.13. The highest BCUT2D eigenvalue weighted by molar-refractivity contribution is 5.87. The van der Waals surface area contributed by atoms with Gasteiger partial charge in [0.05, 0.1) is 18.3 Å². The molecule has 3 aromatic rings. The third-order valence-electron chi connectivity index (χ3n) is 4.70. The molecule has 6 heteroatoms. The molecule has 0 radical (unpaired) electrons. The van der Waals surface area contributed by atoms with E-state index >= 15 is 0 Å². The summed E-state index contributed by atoms with van der Waals surface area (Å²) in [6.07, 6.45) is 3.98. The number of fused-ring (bicyclic) bond motifs is 1. The van der Waals surface area contributed by atoms with Crippen molar-refractivity contribution in [1.29, 1.82) is 0 Å². The van der Waals surface area contributed by atoms with Gasteiger partial charge >= 0.3 is 0 Å². The summed E-state index contributed by atoms with van der Waals surface area (Å²) in [6, 6.07) is 8.16. The summed E-state index contributed by atoms with van der Waals surface area (Å²) in [5.74, 6) is 2.79. The van der Waals surface area contributed by atoms with E-state index in [-0.39, 0.29) is 0 Å². The van der Waals surface area contributed by atoms with Gasteiger partial charge in [-0.3, -0.25) is 0 Å². The number of aryl methyl sites for hydroxylation is 1. The molecule has 6 nitrogen and oxygen atoms in total. The molecule has 1 aromatic carbocycles. The van der Waals surface area contributed by atoms with Gasteiger partial charge in [0.25, 0.3) is 0 Å². The molecule has 0 aliphatic rings. The van der Waals surface area contributed by atoms with Crippen LogP contribution >= 0.6 is 0 Å². The summed E-state index contributed by atoms with van der Waals surface area (Å²) in [4.78, 5) is 4.86. The van der Waals surface area contributed by atoms with E-state index in [0.717, 1.165) is 60.5 Å². The molecule has 0 spiro atoms. The average molecular weight is 367 g/mol. The van der Waals surface area contributed by atoms with Crippen LogP contribution in [0.1, 0.15) is 50.7 Å². The molecule has 0 unspecified atom stereocenters. The van der Waals surface area contributed by atoms with Gasteiger partial charge in [-0.1, -0.05) is 39.3 Å². The third kappa shape index (κ3) is 4.21. The van der Waals surface area contributed by atoms with Gasteiger partial charge in [-0.25, -0.2) is 4.98 Å². The minimum absolute atomic E-state index is 0.406. The molecular formula is C21H29N5O. The number of nitrogens with two attached hydrogens (primary N) is 1. The van der Waals surface area contributed by atoms with Crippen LogP contribution in [-0.4, -0.2) is 26.9 Å². The molecule has 0 aliphatic heterocycles. The number of unbranched alkanes of at least 4 members (excludes halogenated alkanes) is 1. The van der Waals surface area contributed by atoms with Gasteiger partial charge in [0.15, 0.2) is 5.82 Å². The maximum Gasteiger partial charge on any atom is 0.174 e. The Morgan fingerprint density at radius 1 is 1.15 bits per heavy atom. The van der Waals surface area contributed by atoms with E-state index in [9.17, 15) is 0 Å². The molecule has 2 aromatic heterocycles. The van der Waals surface area contributed by atoms with E-state index in [2.05, 4.69) is 47.7 Å². The second-order valence-electron chi connectivity index (χ2n) is 7.39. The maximum atomic E-state index is 6.13. The lowest BCUT2D eigenvalue weighted by Crippen LogP contribution is -2.09. The number of rotatable bonds is 8. The predicted octanol–water partition coefficient (Wildman–Crippen LogP) is 4.01. The first-order valence-corrected chi connectivity index (χ1v) is 9.66. The first-order valence-electron chi connectivity index (χ1n) is 9.66. The number of ether oxygens (including phenoxy) is 1. The summed E-state index contributed by atoms with van der Waals surface area (Å²) < 4.78 is 7.55. The molecule has 144 valence electrons. The van der Waals surface area contributed by atoms with Crippen LogP contribution in [-0.2, 0) is 19.4 Å². The van der Waals surface area contributed by atoms with Crippen LogP contribution in [0.15, 0.2) is 24.3 Å². The highest BCUT2D eigenvalue weighted by Crippen LogP contribution is 2.26. The quantitative estimate of drug-likeness (QED) is 0.651. The Morgan fingerprint density at radius 2 is 1.89 bits per heavy atom. The van der Waals surface area contributed by atoms with E-state index < -0.39 is 0 Å². The maximum absolute atomic E-state index is 6.13. The molecular weight excluding hydrogens is 338 g/mol. The van der Waals surface area contributed by atoms with Crippen LogP contribution in [0.3, 0.4) is 0 Å². The van der Waals surface area contributed by atoms with Crippen molar-refractivity contribution < 1.29 is 4.74 Å². The Labute approximate surface area is 160 Å². The van der Waals surface area contributed by atoms with Gasteiger partial charge in [0, 0.05) is 13.0 Å². The van der Waals surface area contributed by atoms with Crippen molar-refractivity contribution in [2.24, 2.45) is 5.92 Å². The number of nitrogens with zero attached hydrogens (tertiary/aromatic N) is 4. The first kappa shape index (κ1) is 19.1. The Morgan fingerprint density at radius 3 is 2.52 bits per heavy atom. The number of imidazole rings is 1. The van der Waals surface area contributed by atoms with E-state index in [1.54, 1.807) is 7.11 Å². The molecule has 0 amide bonds. The molecule has 2 heterocycles. The number of nitrogen functional groups attached to an aromatic ring is 1. The van der Waals surface area contributed by atoms with Crippen molar-refractivity contribution in [3.05, 3.63) is 41.3 Å². The first-order chi connectivity index (χ1) is 13.0. The molecule has 2 N–H and O–H groups in total. The summed E-state index contributed by atoms with van der Waals surface area (Å²) in [5, 5.41) is 8.57. The van der Waals surface area contributed by atoms with Crippen molar-refractivity contribution in [3.63, 3.8) is 0 Å². The smallest absolute Gasteiger partial charge is 0.174 e. The van der Waals surface area contributed by atoms with Gasteiger partial charge in [-0.05, 0) is 36.5 Å². The Hall–Kier alpha value is -2.63. The number of aromatic nitrogens is 4. The number of hydrogen-bond acceptors (Lipinski definition) is 5. The molecule has 0 fully saturated rings. The molecule has 0 atom stereocenters. The normalized spacial score (nSPS) is 11.4. The molecule has 0 bridgehead atoms. The Kier molecular flexibility index (Phi) is 5.94. The van der Waals surface area contributed by atoms with E-state index in [1.807, 2.05) is 12.1 Å². The topological polar surface area (TPSA) is 78.9 Å². The van der Waals surface area contributed by atoms with Gasteiger partial charge in [-0.15, -0.1) is 5.10 Å². The van der Waals surface area contributed by atoms with Gasteiger partial charge in [0.1, 0.15) is 17.1 Å². The highest BCUT2D eigenvalue weighted by atomic mass is 16.5. The zero-order valence-electron chi connectivity index (χ0n) is 16.7. The number of benzene rings is 1. The van der Waals surface area contributed by atoms with Gasteiger partial charge in [-0.2, -0.15) is 5.10 Å². The van der Waals surface area contributed by atoms with Gasteiger partial charge in [0.2, 0.25) is 0 Å². The fraction of sp³-hybridized carbons (Fsp3) is 0.476. The summed E-state index contributed by atoms with van der Waals surface area (Å²) in [5.41, 5.74) is 10.1. The average Bonchev–Trinajstić information content (AvgIpc) is 3.02. The molecule has 3 rings (SSSR count). The van der Waals surface area contributed by atoms with E-state index in [4.69, 9.17) is 15.5 Å². The second kappa shape index (κ2) is 8.37. The zero-order valence-corrected chi connectivity index (χ0v) is 16.7. The monoisotopic (exact) mass is 367 g/mol. The minimum Gasteiger partial charge on any atom is -0.497 e. The van der Waals surface area contributed by atoms with Crippen molar-refractivity contribution in [3.8, 4) is 5.75 Å². The summed E-state index contributed by atoms with van der Waals surface area (Å²) in [7, 11) is 1.68. The summed E-state index contributed by atoms with van der Waals surface area (Å²) >= 11 is 0. The fourth-order valence-electron chi connectivity index (χ4n) is 3.31. The zero-order chi connectivity index (χ0) is 19.4. The largest absolute Gasteiger partial charge is 0.497 e. The lowest BCUT2D eigenvalue weighted by molar-refractivity contribution is 0.414. The standard InChI is InChI=1S/C21H29N5O/c1-5-6-7-18-23-19-20(17(12-14(2)3)24-25-21(19)22)26(18)13-15-8-10-16(27-4)11-9-15/h8-11,14H,5-7,12-13H2,1-4H3,(H2,22,25). The van der Waals surface area contributed by atoms with E-state index in [0.29, 0.717) is 11.7 Å². The Bertz CT molecular complexity index is 899. The van der Waals surface area contributed by atoms with Crippen molar-refractivity contribution >= 4 is 16.9 Å². The lowest BCUT2D eigenvalue weighted by atomic mass is 10.1. The SMILES string of the molecule is CCCCc1nc2c(N)nnc(CC(C)C)c2n1Cc1ccc(OC)cc1. The van der Waals surface area contributed by atoms with Crippen LogP contribution in [0.4, 0.5) is 5.82 Å². The van der Waals surface area contributed by atoms with Crippen LogP contribution < -0.4 is 10.5 Å². The molecule has 0 saturated carbocycles. The van der Waals surface area contributed by atoms with Crippen LogP contribution in [0.2, 0.25) is 0 Å². The van der Waals surface area contributed by atoms with Crippen LogP contribution in [0.5, 0.6) is 5.75 Å². The van der Waals surface area contributed by atoms with E-state index in [1.165, 1.54) is 5.56 Å². The van der Waals surface area contributed by atoms with Crippen molar-refractivity contribution in [2.75, 3.05) is 12.8 Å². The minimum atomic E-state index is 0.406. The fourth-order valence-corrected chi connectivity index (χ4v) is 3.31.